The van der Waals surface area contributed by atoms with Crippen molar-refractivity contribution in [2.75, 3.05) is 5.32 Å². The summed E-state index contributed by atoms with van der Waals surface area (Å²) in [5, 5.41) is 14.1. The molecule has 1 fully saturated rings. The van der Waals surface area contributed by atoms with E-state index in [0.29, 0.717) is 11.6 Å². The van der Waals surface area contributed by atoms with Gasteiger partial charge in [0.25, 0.3) is 0 Å². The highest BCUT2D eigenvalue weighted by atomic mass is 19.1. The van der Waals surface area contributed by atoms with Crippen molar-refractivity contribution in [3.05, 3.63) is 34.1 Å². The van der Waals surface area contributed by atoms with E-state index >= 15 is 0 Å². The molecule has 1 aliphatic rings. The number of benzene rings is 1. The van der Waals surface area contributed by atoms with Gasteiger partial charge >= 0.3 is 5.69 Å². The minimum Gasteiger partial charge on any atom is -0.377 e. The molecular weight excluding hydrogens is 247 g/mol. The van der Waals surface area contributed by atoms with Crippen LogP contribution >= 0.6 is 0 Å². The van der Waals surface area contributed by atoms with Crippen molar-refractivity contribution in [2.24, 2.45) is 5.92 Å². The summed E-state index contributed by atoms with van der Waals surface area (Å²) in [6.45, 7) is 2.23. The van der Waals surface area contributed by atoms with E-state index in [9.17, 15) is 14.5 Å². The van der Waals surface area contributed by atoms with Crippen LogP contribution in [-0.2, 0) is 0 Å². The van der Waals surface area contributed by atoms with E-state index in [-0.39, 0.29) is 6.04 Å². The SMILES string of the molecule is CC1CCCC(Nc2cccc(F)c2[N+](=O)[O-])CC1. The third-order valence-corrected chi connectivity index (χ3v) is 3.79. The summed E-state index contributed by atoms with van der Waals surface area (Å²) in [6, 6.07) is 4.41. The van der Waals surface area contributed by atoms with Gasteiger partial charge in [0.05, 0.1) is 4.92 Å². The van der Waals surface area contributed by atoms with E-state index in [1.165, 1.54) is 12.5 Å². The number of nitro benzene ring substituents is 1. The maximum atomic E-state index is 13.5. The second-order valence-electron chi connectivity index (χ2n) is 5.35. The van der Waals surface area contributed by atoms with Crippen molar-refractivity contribution < 1.29 is 9.31 Å². The Morgan fingerprint density at radius 3 is 2.84 bits per heavy atom. The molecule has 1 aliphatic carbocycles. The predicted molar refractivity (Wildman–Crippen MR) is 72.7 cm³/mol. The zero-order valence-electron chi connectivity index (χ0n) is 11.1. The molecule has 0 aromatic heterocycles. The summed E-state index contributed by atoms with van der Waals surface area (Å²) in [6.07, 6.45) is 5.39. The van der Waals surface area contributed by atoms with Crippen molar-refractivity contribution >= 4 is 11.4 Å². The van der Waals surface area contributed by atoms with Crippen LogP contribution in [0.1, 0.15) is 39.0 Å². The maximum absolute atomic E-state index is 13.5. The summed E-state index contributed by atoms with van der Waals surface area (Å²) >= 11 is 0. The molecule has 0 radical (unpaired) electrons. The molecule has 0 amide bonds. The molecule has 4 nitrogen and oxygen atoms in total. The number of para-hydroxylation sites is 1. The first-order chi connectivity index (χ1) is 9.08. The monoisotopic (exact) mass is 266 g/mol. The molecule has 0 saturated heterocycles. The number of halogens is 1. The molecule has 1 saturated carbocycles. The molecule has 5 heteroatoms. The van der Waals surface area contributed by atoms with Gasteiger partial charge in [-0.25, -0.2) is 0 Å². The average Bonchev–Trinajstić information content (AvgIpc) is 2.54. The Morgan fingerprint density at radius 2 is 2.11 bits per heavy atom. The lowest BCUT2D eigenvalue weighted by Gasteiger charge is -2.17. The Labute approximate surface area is 112 Å². The molecular formula is C14H19FN2O2. The lowest BCUT2D eigenvalue weighted by molar-refractivity contribution is -0.386. The highest BCUT2D eigenvalue weighted by Gasteiger charge is 2.23. The molecule has 1 aromatic rings. The van der Waals surface area contributed by atoms with Crippen LogP contribution in [0.5, 0.6) is 0 Å². The van der Waals surface area contributed by atoms with Gasteiger partial charge in [-0.05, 0) is 37.3 Å². The Hall–Kier alpha value is -1.65. The van der Waals surface area contributed by atoms with Gasteiger partial charge in [-0.1, -0.05) is 25.8 Å². The molecule has 1 N–H and O–H groups in total. The Balaban J connectivity index is 2.14. The quantitative estimate of drug-likeness (QED) is 0.508. The number of nitrogens with zero attached hydrogens (tertiary/aromatic N) is 1. The summed E-state index contributed by atoms with van der Waals surface area (Å²) in [5.41, 5.74) is -0.149. The van der Waals surface area contributed by atoms with Crippen LogP contribution in [0.15, 0.2) is 18.2 Å². The first kappa shape index (κ1) is 13.8. The van der Waals surface area contributed by atoms with Gasteiger partial charge in [-0.2, -0.15) is 4.39 Å². The number of anilines is 1. The Morgan fingerprint density at radius 1 is 1.32 bits per heavy atom. The van der Waals surface area contributed by atoms with Crippen molar-refractivity contribution in [3.8, 4) is 0 Å². The van der Waals surface area contributed by atoms with Gasteiger partial charge in [-0.15, -0.1) is 0 Å². The van der Waals surface area contributed by atoms with E-state index < -0.39 is 16.4 Å². The molecule has 2 rings (SSSR count). The van der Waals surface area contributed by atoms with Crippen LogP contribution in [0.4, 0.5) is 15.8 Å². The summed E-state index contributed by atoms with van der Waals surface area (Å²) in [4.78, 5) is 10.3. The minimum absolute atomic E-state index is 0.199. The first-order valence-corrected chi connectivity index (χ1v) is 6.77. The summed E-state index contributed by atoms with van der Waals surface area (Å²) in [7, 11) is 0. The molecule has 0 aliphatic heterocycles. The van der Waals surface area contributed by atoms with Gasteiger partial charge in [0, 0.05) is 6.04 Å². The van der Waals surface area contributed by atoms with E-state index in [0.717, 1.165) is 31.7 Å². The molecule has 2 atom stereocenters. The molecule has 104 valence electrons. The maximum Gasteiger partial charge on any atom is 0.327 e. The minimum atomic E-state index is -0.781. The van der Waals surface area contributed by atoms with Crippen molar-refractivity contribution in [1.82, 2.24) is 0 Å². The summed E-state index contributed by atoms with van der Waals surface area (Å²) < 4.78 is 13.5. The molecule has 2 unspecified atom stereocenters. The van der Waals surface area contributed by atoms with Gasteiger partial charge in [0.15, 0.2) is 0 Å². The number of nitro groups is 1. The van der Waals surface area contributed by atoms with E-state index in [1.54, 1.807) is 6.07 Å². The molecule has 0 heterocycles. The second kappa shape index (κ2) is 5.99. The lowest BCUT2D eigenvalue weighted by Crippen LogP contribution is -2.19. The summed E-state index contributed by atoms with van der Waals surface area (Å²) in [5.74, 6) is -0.0775. The van der Waals surface area contributed by atoms with Gasteiger partial charge in [0.1, 0.15) is 5.69 Å². The highest BCUT2D eigenvalue weighted by molar-refractivity contribution is 5.62. The third kappa shape index (κ3) is 3.43. The van der Waals surface area contributed by atoms with Crippen LogP contribution in [0.25, 0.3) is 0 Å². The fourth-order valence-electron chi connectivity index (χ4n) is 2.67. The zero-order chi connectivity index (χ0) is 13.8. The fourth-order valence-corrected chi connectivity index (χ4v) is 2.67. The Kier molecular flexibility index (Phi) is 4.35. The van der Waals surface area contributed by atoms with E-state index in [4.69, 9.17) is 0 Å². The fraction of sp³-hybridized carbons (Fsp3) is 0.571. The normalized spacial score (nSPS) is 23.7. The molecule has 0 spiro atoms. The van der Waals surface area contributed by atoms with Crippen LogP contribution in [-0.4, -0.2) is 11.0 Å². The van der Waals surface area contributed by atoms with Gasteiger partial charge in [-0.3, -0.25) is 10.1 Å². The molecule has 1 aromatic carbocycles. The zero-order valence-corrected chi connectivity index (χ0v) is 11.1. The van der Waals surface area contributed by atoms with Gasteiger partial charge in [0.2, 0.25) is 5.82 Å². The van der Waals surface area contributed by atoms with Crippen LogP contribution in [0.3, 0.4) is 0 Å². The largest absolute Gasteiger partial charge is 0.377 e. The molecule has 0 bridgehead atoms. The number of hydrogen-bond acceptors (Lipinski definition) is 3. The van der Waals surface area contributed by atoms with Crippen molar-refractivity contribution in [1.29, 1.82) is 0 Å². The lowest BCUT2D eigenvalue weighted by atomic mass is 10.0. The van der Waals surface area contributed by atoms with Crippen LogP contribution < -0.4 is 5.32 Å². The third-order valence-electron chi connectivity index (χ3n) is 3.79. The topological polar surface area (TPSA) is 55.2 Å². The number of rotatable bonds is 3. The van der Waals surface area contributed by atoms with E-state index in [1.807, 2.05) is 0 Å². The number of nitrogens with one attached hydrogen (secondary N) is 1. The van der Waals surface area contributed by atoms with E-state index in [2.05, 4.69) is 12.2 Å². The number of hydrogen-bond donors (Lipinski definition) is 1. The smallest absolute Gasteiger partial charge is 0.327 e. The van der Waals surface area contributed by atoms with Crippen LogP contribution in [0.2, 0.25) is 0 Å². The second-order valence-corrected chi connectivity index (χ2v) is 5.35. The predicted octanol–water partition coefficient (Wildman–Crippen LogP) is 4.11. The van der Waals surface area contributed by atoms with Crippen molar-refractivity contribution in [2.45, 2.75) is 45.1 Å². The standard InChI is InChI=1S/C14H19FN2O2/c1-10-4-2-5-11(9-8-10)16-13-7-3-6-12(15)14(13)17(18)19/h3,6-7,10-11,16H,2,4-5,8-9H2,1H3. The van der Waals surface area contributed by atoms with Crippen molar-refractivity contribution in [3.63, 3.8) is 0 Å². The molecule has 19 heavy (non-hydrogen) atoms. The Bertz CT molecular complexity index is 465. The average molecular weight is 266 g/mol. The first-order valence-electron chi connectivity index (χ1n) is 6.77. The van der Waals surface area contributed by atoms with Crippen LogP contribution in [0, 0.1) is 21.8 Å². The van der Waals surface area contributed by atoms with Gasteiger partial charge < -0.3 is 5.32 Å². The highest BCUT2D eigenvalue weighted by Crippen LogP contribution is 2.31.